The van der Waals surface area contributed by atoms with Gasteiger partial charge in [-0.3, -0.25) is 9.48 Å². The van der Waals surface area contributed by atoms with Crippen LogP contribution in [0, 0.1) is 69.5 Å². The molecule has 1 heterocycles. The first-order chi connectivity index (χ1) is 15.6. The second kappa shape index (κ2) is 6.94. The average molecular weight is 450 g/mol. The van der Waals surface area contributed by atoms with Crippen molar-refractivity contribution in [3.8, 4) is 6.07 Å². The Morgan fingerprint density at radius 2 is 1.97 bits per heavy atom. The van der Waals surface area contributed by atoms with Crippen molar-refractivity contribution in [1.29, 1.82) is 5.26 Å². The fraction of sp³-hybridized carbons (Fsp3) is 0.821. The molecule has 5 fully saturated rings. The molecule has 0 aromatic carbocycles. The SMILES string of the molecule is C[C@H]1[C@@H]2[C@H]1[C@H](C(=O)Cn1cc(C#N)cn1)[C@@]1(C)CC[C@H]3[C@@H](CC[C@H]4C[C@](C)(O)CC[C@@]43C)[C@H]21. The number of nitrogens with zero attached hydrogens (tertiary/aromatic N) is 3. The van der Waals surface area contributed by atoms with Crippen molar-refractivity contribution in [2.45, 2.75) is 84.8 Å². The van der Waals surface area contributed by atoms with E-state index in [2.05, 4.69) is 31.9 Å². The molecule has 1 aromatic heterocycles. The number of fused-ring (bicyclic) bond motifs is 7. The minimum Gasteiger partial charge on any atom is -0.390 e. The number of hydrogen-bond donors (Lipinski definition) is 1. The van der Waals surface area contributed by atoms with Crippen LogP contribution in [0.2, 0.25) is 0 Å². The van der Waals surface area contributed by atoms with E-state index in [0.717, 1.165) is 37.5 Å². The third-order valence-electron chi connectivity index (χ3n) is 11.7. The predicted octanol–water partition coefficient (Wildman–Crippen LogP) is 4.84. The van der Waals surface area contributed by atoms with Crippen molar-refractivity contribution in [2.75, 3.05) is 0 Å². The zero-order valence-corrected chi connectivity index (χ0v) is 20.6. The molecular formula is C28H39N3O2. The van der Waals surface area contributed by atoms with Gasteiger partial charge in [-0.05, 0) is 104 Å². The molecule has 5 aliphatic carbocycles. The highest BCUT2D eigenvalue weighted by molar-refractivity contribution is 5.83. The van der Waals surface area contributed by atoms with Gasteiger partial charge in [0.2, 0.25) is 0 Å². The summed E-state index contributed by atoms with van der Waals surface area (Å²) in [7, 11) is 0. The maximum atomic E-state index is 13.7. The third kappa shape index (κ3) is 2.98. The first-order valence-electron chi connectivity index (χ1n) is 13.3. The fourth-order valence-corrected chi connectivity index (χ4v) is 10.2. The predicted molar refractivity (Wildman–Crippen MR) is 125 cm³/mol. The maximum Gasteiger partial charge on any atom is 0.158 e. The number of nitriles is 1. The van der Waals surface area contributed by atoms with Crippen molar-refractivity contribution < 1.29 is 9.90 Å². The van der Waals surface area contributed by atoms with Gasteiger partial charge in [0.15, 0.2) is 5.78 Å². The summed E-state index contributed by atoms with van der Waals surface area (Å²) in [5, 5.41) is 24.2. The van der Waals surface area contributed by atoms with E-state index in [0.29, 0.717) is 52.9 Å². The van der Waals surface area contributed by atoms with E-state index >= 15 is 0 Å². The highest BCUT2D eigenvalue weighted by Gasteiger charge is 2.74. The summed E-state index contributed by atoms with van der Waals surface area (Å²) in [4.78, 5) is 13.7. The number of carbonyl (C=O) groups excluding carboxylic acids is 1. The van der Waals surface area contributed by atoms with Gasteiger partial charge in [0.1, 0.15) is 6.07 Å². The van der Waals surface area contributed by atoms with Crippen LogP contribution in [-0.4, -0.2) is 26.3 Å². The fourth-order valence-electron chi connectivity index (χ4n) is 10.2. The van der Waals surface area contributed by atoms with E-state index < -0.39 is 5.60 Å². The first-order valence-corrected chi connectivity index (χ1v) is 13.3. The minimum atomic E-state index is -0.487. The van der Waals surface area contributed by atoms with E-state index in [1.165, 1.54) is 19.3 Å². The number of carbonyl (C=O) groups is 1. The van der Waals surface area contributed by atoms with Crippen LogP contribution in [0.5, 0.6) is 0 Å². The lowest BCUT2D eigenvalue weighted by molar-refractivity contribution is -0.157. The maximum absolute atomic E-state index is 13.7. The molecule has 5 aliphatic rings. The molecule has 178 valence electrons. The molecule has 33 heavy (non-hydrogen) atoms. The number of aliphatic hydroxyl groups is 1. The molecule has 5 saturated carbocycles. The average Bonchev–Trinajstić information content (AvgIpc) is 3.11. The van der Waals surface area contributed by atoms with Gasteiger partial charge in [-0.25, -0.2) is 0 Å². The number of Topliss-reactive ketones (excluding diaryl/α,β-unsaturated/α-hetero) is 1. The first kappa shape index (κ1) is 21.8. The number of hydrogen-bond acceptors (Lipinski definition) is 4. The molecule has 6 rings (SSSR count). The molecule has 0 radical (unpaired) electrons. The third-order valence-corrected chi connectivity index (χ3v) is 11.7. The van der Waals surface area contributed by atoms with E-state index in [-0.39, 0.29) is 11.3 Å². The Labute approximate surface area is 197 Å². The number of rotatable bonds is 3. The smallest absolute Gasteiger partial charge is 0.158 e. The van der Waals surface area contributed by atoms with Gasteiger partial charge in [-0.1, -0.05) is 20.8 Å². The summed E-state index contributed by atoms with van der Waals surface area (Å²) < 4.78 is 1.67. The summed E-state index contributed by atoms with van der Waals surface area (Å²) in [5.41, 5.74) is 0.492. The van der Waals surface area contributed by atoms with Gasteiger partial charge in [-0.2, -0.15) is 10.4 Å². The van der Waals surface area contributed by atoms with Crippen LogP contribution in [0.15, 0.2) is 12.4 Å². The summed E-state index contributed by atoms with van der Waals surface area (Å²) in [6.07, 6.45) is 11.2. The summed E-state index contributed by atoms with van der Waals surface area (Å²) in [5.74, 6) is 5.15. The molecule has 1 aromatic rings. The molecule has 1 N–H and O–H groups in total. The van der Waals surface area contributed by atoms with Crippen LogP contribution in [-0.2, 0) is 11.3 Å². The lowest BCUT2D eigenvalue weighted by Crippen LogP contribution is -2.56. The standard InChI is InChI=1S/C28H39N3O2/c1-16-22-23(16)25(21(32)15-31-14-17(12-29)13-30-31)28(4)8-7-20-19(24(22)28)6-5-18-11-26(2,33)9-10-27(18,20)3/h13-14,16,18-20,22-25,33H,5-11,15H2,1-4H3/t16-,18-,19+,20-,22+,23-,24+,25-,26+,27-,28-/m0/s1. The van der Waals surface area contributed by atoms with Gasteiger partial charge in [0.25, 0.3) is 0 Å². The van der Waals surface area contributed by atoms with Crippen molar-refractivity contribution in [1.82, 2.24) is 9.78 Å². The Hall–Kier alpha value is -1.67. The normalized spacial score (nSPS) is 52.1. The van der Waals surface area contributed by atoms with Gasteiger partial charge in [0.05, 0.1) is 23.9 Å². The van der Waals surface area contributed by atoms with Gasteiger partial charge in [0, 0.05) is 12.1 Å². The number of ketones is 1. The van der Waals surface area contributed by atoms with Gasteiger partial charge >= 0.3 is 0 Å². The topological polar surface area (TPSA) is 78.9 Å². The second-order valence-corrected chi connectivity index (χ2v) is 13.3. The highest BCUT2D eigenvalue weighted by atomic mass is 16.3. The van der Waals surface area contributed by atoms with Crippen molar-refractivity contribution in [3.05, 3.63) is 18.0 Å². The molecule has 11 atom stereocenters. The van der Waals surface area contributed by atoms with Crippen molar-refractivity contribution in [3.63, 3.8) is 0 Å². The molecule has 0 bridgehead atoms. The van der Waals surface area contributed by atoms with Crippen LogP contribution in [0.1, 0.15) is 78.2 Å². The minimum absolute atomic E-state index is 0.106. The van der Waals surface area contributed by atoms with Crippen LogP contribution in [0.3, 0.4) is 0 Å². The highest BCUT2D eigenvalue weighted by Crippen LogP contribution is 2.78. The Balaban J connectivity index is 1.27. The quantitative estimate of drug-likeness (QED) is 0.716. The van der Waals surface area contributed by atoms with E-state index in [9.17, 15) is 9.90 Å². The van der Waals surface area contributed by atoms with Crippen LogP contribution in [0.4, 0.5) is 0 Å². The Bertz CT molecular complexity index is 1020. The Morgan fingerprint density at radius 1 is 1.18 bits per heavy atom. The summed E-state index contributed by atoms with van der Waals surface area (Å²) >= 11 is 0. The van der Waals surface area contributed by atoms with Crippen LogP contribution in [0.25, 0.3) is 0 Å². The molecule has 0 aliphatic heterocycles. The summed E-state index contributed by atoms with van der Waals surface area (Å²) in [6.45, 7) is 9.71. The van der Waals surface area contributed by atoms with Crippen LogP contribution < -0.4 is 0 Å². The molecule has 5 heteroatoms. The van der Waals surface area contributed by atoms with E-state index in [1.54, 1.807) is 17.1 Å². The zero-order valence-electron chi connectivity index (χ0n) is 20.6. The van der Waals surface area contributed by atoms with E-state index in [4.69, 9.17) is 5.26 Å². The van der Waals surface area contributed by atoms with Crippen LogP contribution >= 0.6 is 0 Å². The molecule has 0 unspecified atom stereocenters. The lowest BCUT2D eigenvalue weighted by Gasteiger charge is -2.62. The zero-order chi connectivity index (χ0) is 23.3. The van der Waals surface area contributed by atoms with Gasteiger partial charge < -0.3 is 5.11 Å². The molecular weight excluding hydrogens is 410 g/mol. The van der Waals surface area contributed by atoms with Gasteiger partial charge in [-0.15, -0.1) is 0 Å². The van der Waals surface area contributed by atoms with Crippen molar-refractivity contribution >= 4 is 5.78 Å². The molecule has 5 nitrogen and oxygen atoms in total. The largest absolute Gasteiger partial charge is 0.390 e. The lowest BCUT2D eigenvalue weighted by atomic mass is 9.43. The monoisotopic (exact) mass is 449 g/mol. The Morgan fingerprint density at radius 3 is 2.70 bits per heavy atom. The molecule has 0 saturated heterocycles. The van der Waals surface area contributed by atoms with E-state index in [1.807, 2.05) is 6.92 Å². The second-order valence-electron chi connectivity index (χ2n) is 13.3. The summed E-state index contributed by atoms with van der Waals surface area (Å²) in [6, 6.07) is 2.12. The van der Waals surface area contributed by atoms with Crippen molar-refractivity contribution in [2.24, 2.45) is 58.2 Å². The Kier molecular flexibility index (Phi) is 4.59. The molecule has 0 amide bonds. The molecule has 0 spiro atoms. The number of aromatic nitrogens is 2.